The minimum atomic E-state index is 1.02. The predicted molar refractivity (Wildman–Crippen MR) is 206 cm³/mol. The maximum Gasteiger partial charge on any atom is 0.124 e. The Kier molecular flexibility index (Phi) is 7.03. The summed E-state index contributed by atoms with van der Waals surface area (Å²) in [6, 6.07) is 65.1. The van der Waals surface area contributed by atoms with Gasteiger partial charge in [-0.15, -0.1) is 11.3 Å². The number of aromatic nitrogens is 1. The Morgan fingerprint density at radius 1 is 0.375 bits per heavy atom. The molecule has 9 rings (SSSR count). The first kappa shape index (κ1) is 28.2. The minimum absolute atomic E-state index is 1.02. The van der Waals surface area contributed by atoms with Gasteiger partial charge in [0.2, 0.25) is 0 Å². The van der Waals surface area contributed by atoms with Crippen LogP contribution in [0.25, 0.3) is 64.6 Å². The van der Waals surface area contributed by atoms with Crippen molar-refractivity contribution in [2.45, 2.75) is 0 Å². The van der Waals surface area contributed by atoms with E-state index < -0.39 is 0 Å². The lowest BCUT2D eigenvalue weighted by Crippen LogP contribution is -2.10. The molecule has 0 aliphatic rings. The van der Waals surface area contributed by atoms with Crippen molar-refractivity contribution in [3.8, 4) is 32.8 Å². The van der Waals surface area contributed by atoms with Gasteiger partial charge in [0.1, 0.15) is 5.01 Å². The summed E-state index contributed by atoms with van der Waals surface area (Å²) in [6.07, 6.45) is 0. The third kappa shape index (κ3) is 5.21. The molecule has 1 heterocycles. The van der Waals surface area contributed by atoms with E-state index in [0.717, 1.165) is 33.1 Å². The van der Waals surface area contributed by atoms with Crippen molar-refractivity contribution in [1.29, 1.82) is 0 Å². The topological polar surface area (TPSA) is 16.1 Å². The average molecular weight is 631 g/mol. The lowest BCUT2D eigenvalue weighted by atomic mass is 10.0. The fourth-order valence-corrected chi connectivity index (χ4v) is 7.65. The van der Waals surface area contributed by atoms with Gasteiger partial charge in [0.15, 0.2) is 0 Å². The molecule has 0 radical (unpaired) electrons. The molecule has 0 aliphatic heterocycles. The lowest BCUT2D eigenvalue weighted by Gasteiger charge is -2.26. The second-order valence-electron chi connectivity index (χ2n) is 12.1. The third-order valence-electron chi connectivity index (χ3n) is 9.05. The van der Waals surface area contributed by atoms with Crippen LogP contribution in [-0.4, -0.2) is 4.98 Å². The Morgan fingerprint density at radius 2 is 0.958 bits per heavy atom. The zero-order valence-corrected chi connectivity index (χ0v) is 26.9. The first-order chi connectivity index (χ1) is 23.8. The standard InChI is InChI=1S/C45H30N2S/c1-3-11-31(12-4-1)33-23-25-38(26-24-33)47(39-18-9-16-35(27-39)32-13-5-2-6-14-32)40-19-10-17-37(28-40)45-46-43-29-36-22-21-34-15-7-8-20-41(34)42(36)30-44(43)48-45/h1-30H. The van der Waals surface area contributed by atoms with Crippen molar-refractivity contribution in [1.82, 2.24) is 4.98 Å². The van der Waals surface area contributed by atoms with Crippen LogP contribution in [0.1, 0.15) is 0 Å². The van der Waals surface area contributed by atoms with E-state index in [1.165, 1.54) is 48.5 Å². The summed E-state index contributed by atoms with van der Waals surface area (Å²) in [7, 11) is 0. The molecule has 0 fully saturated rings. The zero-order valence-electron chi connectivity index (χ0n) is 26.1. The molecule has 1 aromatic heterocycles. The van der Waals surface area contributed by atoms with Crippen molar-refractivity contribution in [3.05, 3.63) is 182 Å². The van der Waals surface area contributed by atoms with E-state index in [1.54, 1.807) is 11.3 Å². The maximum absolute atomic E-state index is 5.16. The highest BCUT2D eigenvalue weighted by molar-refractivity contribution is 7.21. The van der Waals surface area contributed by atoms with Crippen molar-refractivity contribution in [2.24, 2.45) is 0 Å². The largest absolute Gasteiger partial charge is 0.310 e. The monoisotopic (exact) mass is 630 g/mol. The normalized spacial score (nSPS) is 11.3. The molecule has 0 aliphatic carbocycles. The number of benzene rings is 8. The molecular formula is C45H30N2S. The summed E-state index contributed by atoms with van der Waals surface area (Å²) in [4.78, 5) is 7.50. The quantitative estimate of drug-likeness (QED) is 0.170. The number of hydrogen-bond donors (Lipinski definition) is 0. The van der Waals surface area contributed by atoms with E-state index in [9.17, 15) is 0 Å². The molecule has 0 N–H and O–H groups in total. The summed E-state index contributed by atoms with van der Waals surface area (Å²) in [5.41, 5.74) is 10.2. The third-order valence-corrected chi connectivity index (χ3v) is 10.1. The van der Waals surface area contributed by atoms with Gasteiger partial charge in [0, 0.05) is 22.6 Å². The number of thiazole rings is 1. The number of nitrogens with zero attached hydrogens (tertiary/aromatic N) is 2. The van der Waals surface area contributed by atoms with Crippen LogP contribution in [0.3, 0.4) is 0 Å². The van der Waals surface area contributed by atoms with E-state index in [-0.39, 0.29) is 0 Å². The van der Waals surface area contributed by atoms with E-state index in [4.69, 9.17) is 4.98 Å². The Balaban J connectivity index is 1.16. The number of fused-ring (bicyclic) bond motifs is 4. The number of anilines is 3. The molecule has 48 heavy (non-hydrogen) atoms. The van der Waals surface area contributed by atoms with E-state index >= 15 is 0 Å². The van der Waals surface area contributed by atoms with Crippen LogP contribution in [0, 0.1) is 0 Å². The van der Waals surface area contributed by atoms with Crippen molar-refractivity contribution in [3.63, 3.8) is 0 Å². The summed E-state index contributed by atoms with van der Waals surface area (Å²) in [5.74, 6) is 0. The summed E-state index contributed by atoms with van der Waals surface area (Å²) in [5, 5.41) is 6.04. The first-order valence-electron chi connectivity index (χ1n) is 16.2. The highest BCUT2D eigenvalue weighted by atomic mass is 32.1. The minimum Gasteiger partial charge on any atom is -0.310 e. The van der Waals surface area contributed by atoms with Crippen LogP contribution >= 0.6 is 11.3 Å². The van der Waals surface area contributed by atoms with Gasteiger partial charge in [0.05, 0.1) is 10.2 Å². The van der Waals surface area contributed by atoms with Crippen LogP contribution in [0.2, 0.25) is 0 Å². The second-order valence-corrected chi connectivity index (χ2v) is 13.1. The Hall–Kier alpha value is -6.03. The average Bonchev–Trinajstić information content (AvgIpc) is 3.59. The molecule has 0 spiro atoms. The van der Waals surface area contributed by atoms with Gasteiger partial charge >= 0.3 is 0 Å². The summed E-state index contributed by atoms with van der Waals surface area (Å²) in [6.45, 7) is 0. The van der Waals surface area contributed by atoms with E-state index in [2.05, 4.69) is 187 Å². The lowest BCUT2D eigenvalue weighted by molar-refractivity contribution is 1.28. The van der Waals surface area contributed by atoms with Crippen molar-refractivity contribution in [2.75, 3.05) is 4.90 Å². The molecule has 0 unspecified atom stereocenters. The predicted octanol–water partition coefficient (Wildman–Crippen LogP) is 13.1. The van der Waals surface area contributed by atoms with Crippen LogP contribution < -0.4 is 4.90 Å². The van der Waals surface area contributed by atoms with Gasteiger partial charge in [-0.05, 0) is 92.3 Å². The fourth-order valence-electron chi connectivity index (χ4n) is 6.67. The number of hydrogen-bond acceptors (Lipinski definition) is 3. The molecule has 0 amide bonds. The van der Waals surface area contributed by atoms with Crippen LogP contribution in [0.15, 0.2) is 182 Å². The van der Waals surface area contributed by atoms with E-state index in [1.807, 2.05) is 0 Å². The maximum atomic E-state index is 5.16. The highest BCUT2D eigenvalue weighted by Gasteiger charge is 2.16. The molecule has 8 aromatic carbocycles. The molecule has 226 valence electrons. The molecule has 0 saturated heterocycles. The SMILES string of the molecule is c1ccc(-c2ccc(N(c3cccc(-c4ccccc4)c3)c3cccc(-c4nc5cc6ccc7ccccc7c6cc5s4)c3)cc2)cc1. The number of rotatable bonds is 6. The molecule has 0 saturated carbocycles. The second kappa shape index (κ2) is 12.0. The van der Waals surface area contributed by atoms with Gasteiger partial charge in [0.25, 0.3) is 0 Å². The summed E-state index contributed by atoms with van der Waals surface area (Å²) >= 11 is 1.76. The zero-order chi connectivity index (χ0) is 31.9. The van der Waals surface area contributed by atoms with Crippen LogP contribution in [-0.2, 0) is 0 Å². The molecule has 3 heteroatoms. The van der Waals surface area contributed by atoms with E-state index in [0.29, 0.717) is 0 Å². The van der Waals surface area contributed by atoms with Gasteiger partial charge in [-0.1, -0.05) is 133 Å². The molecule has 0 atom stereocenters. The molecule has 9 aromatic rings. The Morgan fingerprint density at radius 3 is 1.71 bits per heavy atom. The van der Waals surface area contributed by atoms with Gasteiger partial charge in [-0.3, -0.25) is 0 Å². The highest BCUT2D eigenvalue weighted by Crippen LogP contribution is 2.41. The van der Waals surface area contributed by atoms with Crippen LogP contribution in [0.5, 0.6) is 0 Å². The Bertz CT molecular complexity index is 2550. The summed E-state index contributed by atoms with van der Waals surface area (Å²) < 4.78 is 1.20. The fraction of sp³-hybridized carbons (Fsp3) is 0. The Labute approximate surface area is 283 Å². The van der Waals surface area contributed by atoms with Crippen molar-refractivity contribution < 1.29 is 0 Å². The first-order valence-corrected chi connectivity index (χ1v) is 17.0. The van der Waals surface area contributed by atoms with Crippen molar-refractivity contribution >= 4 is 60.2 Å². The molecular weight excluding hydrogens is 601 g/mol. The molecule has 0 bridgehead atoms. The van der Waals surface area contributed by atoms with Gasteiger partial charge in [-0.25, -0.2) is 4.98 Å². The molecule has 2 nitrogen and oxygen atoms in total. The smallest absolute Gasteiger partial charge is 0.124 e. The van der Waals surface area contributed by atoms with Gasteiger partial charge in [-0.2, -0.15) is 0 Å². The van der Waals surface area contributed by atoms with Crippen LogP contribution in [0.4, 0.5) is 17.1 Å². The van der Waals surface area contributed by atoms with Gasteiger partial charge < -0.3 is 4.90 Å².